The molecule has 0 radical (unpaired) electrons. The molecule has 1 rings (SSSR count). The number of rotatable bonds is 7. The fraction of sp³-hybridized carbons (Fsp3) is 0.800. The van der Waals surface area contributed by atoms with Crippen LogP contribution in [0.15, 0.2) is 0 Å². The van der Waals surface area contributed by atoms with Crippen LogP contribution in [0, 0.1) is 11.8 Å². The van der Waals surface area contributed by atoms with Gasteiger partial charge >= 0.3 is 5.97 Å². The maximum atomic E-state index is 11.5. The zero-order valence-corrected chi connectivity index (χ0v) is 9.43. The van der Waals surface area contributed by atoms with Gasteiger partial charge in [-0.1, -0.05) is 0 Å². The Kier molecular flexibility index (Phi) is 4.70. The smallest absolute Gasteiger partial charge is 0.307 e. The van der Waals surface area contributed by atoms with Gasteiger partial charge in [-0.25, -0.2) is 0 Å². The Hall–Kier alpha value is -1.14. The number of amides is 1. The molecule has 0 aromatic heterocycles. The van der Waals surface area contributed by atoms with E-state index < -0.39 is 11.9 Å². The highest BCUT2D eigenvalue weighted by Crippen LogP contribution is 2.38. The maximum absolute atomic E-state index is 11.5. The lowest BCUT2D eigenvalue weighted by Gasteiger charge is -2.14. The van der Waals surface area contributed by atoms with Crippen molar-refractivity contribution in [3.05, 3.63) is 0 Å². The van der Waals surface area contributed by atoms with Gasteiger partial charge in [0.15, 0.2) is 0 Å². The minimum Gasteiger partial charge on any atom is -0.481 e. The molecule has 92 valence electrons. The zero-order valence-electron chi connectivity index (χ0n) is 9.43. The van der Waals surface area contributed by atoms with Crippen molar-refractivity contribution in [2.45, 2.75) is 12.5 Å². The molecular formula is C10H17NO5. The molecule has 1 unspecified atom stereocenters. The van der Waals surface area contributed by atoms with Gasteiger partial charge in [-0.15, -0.1) is 0 Å². The van der Waals surface area contributed by atoms with Gasteiger partial charge < -0.3 is 19.9 Å². The molecule has 1 aliphatic carbocycles. The van der Waals surface area contributed by atoms with Crippen LogP contribution in [0.5, 0.6) is 0 Å². The van der Waals surface area contributed by atoms with Gasteiger partial charge in [0.2, 0.25) is 5.91 Å². The molecule has 1 amide bonds. The van der Waals surface area contributed by atoms with Crippen molar-refractivity contribution in [3.8, 4) is 0 Å². The number of carboxylic acid groups (broad SMARTS) is 1. The molecule has 3 atom stereocenters. The molecule has 6 heteroatoms. The van der Waals surface area contributed by atoms with Gasteiger partial charge in [0.1, 0.15) is 0 Å². The van der Waals surface area contributed by atoms with Crippen molar-refractivity contribution in [2.75, 3.05) is 27.4 Å². The maximum Gasteiger partial charge on any atom is 0.307 e. The topological polar surface area (TPSA) is 84.9 Å². The third-order valence-electron chi connectivity index (χ3n) is 2.63. The lowest BCUT2D eigenvalue weighted by molar-refractivity contribution is -0.140. The first kappa shape index (κ1) is 12.9. The van der Waals surface area contributed by atoms with Crippen LogP contribution in [-0.2, 0) is 19.1 Å². The quantitative estimate of drug-likeness (QED) is 0.616. The summed E-state index contributed by atoms with van der Waals surface area (Å²) in [7, 11) is 3.09. The highest BCUT2D eigenvalue weighted by molar-refractivity contribution is 5.89. The second kappa shape index (κ2) is 5.81. The Balaban J connectivity index is 2.23. The van der Waals surface area contributed by atoms with Gasteiger partial charge in [0.25, 0.3) is 0 Å². The summed E-state index contributed by atoms with van der Waals surface area (Å²) in [5.41, 5.74) is 0. The molecule has 0 aliphatic heterocycles. The van der Waals surface area contributed by atoms with Crippen LogP contribution < -0.4 is 5.32 Å². The molecular weight excluding hydrogens is 214 g/mol. The molecule has 0 aromatic rings. The first-order valence-electron chi connectivity index (χ1n) is 5.12. The second-order valence-corrected chi connectivity index (χ2v) is 3.85. The van der Waals surface area contributed by atoms with Crippen LogP contribution in [0.25, 0.3) is 0 Å². The summed E-state index contributed by atoms with van der Waals surface area (Å²) in [5.74, 6) is -2.01. The van der Waals surface area contributed by atoms with Crippen LogP contribution in [0.3, 0.4) is 0 Å². The van der Waals surface area contributed by atoms with E-state index in [0.717, 1.165) is 0 Å². The van der Waals surface area contributed by atoms with E-state index in [1.807, 2.05) is 0 Å². The Bertz CT molecular complexity index is 268. The fourth-order valence-corrected chi connectivity index (χ4v) is 1.50. The van der Waals surface area contributed by atoms with Gasteiger partial charge in [-0.2, -0.15) is 0 Å². The number of aliphatic carboxylic acids is 1. The zero-order chi connectivity index (χ0) is 12.1. The van der Waals surface area contributed by atoms with Gasteiger partial charge in [0.05, 0.1) is 24.5 Å². The standard InChI is InChI=1S/C10H17NO5/c1-15-5-6(16-2)4-11-9(12)7-3-8(7)10(13)14/h6-8H,3-5H2,1-2H3,(H,11,12)(H,13,14)/t6?,7-,8+/m1/s1. The van der Waals surface area contributed by atoms with Crippen molar-refractivity contribution in [2.24, 2.45) is 11.8 Å². The Morgan fingerprint density at radius 2 is 2.12 bits per heavy atom. The Labute approximate surface area is 93.9 Å². The minimum atomic E-state index is -0.902. The van der Waals surface area contributed by atoms with Crippen molar-refractivity contribution >= 4 is 11.9 Å². The number of hydrogen-bond donors (Lipinski definition) is 2. The summed E-state index contributed by atoms with van der Waals surface area (Å²) >= 11 is 0. The molecule has 0 heterocycles. The Morgan fingerprint density at radius 3 is 2.56 bits per heavy atom. The summed E-state index contributed by atoms with van der Waals surface area (Å²) in [4.78, 5) is 22.0. The molecule has 0 aromatic carbocycles. The SMILES string of the molecule is COCC(CNC(=O)[C@@H]1C[C@@H]1C(=O)O)OC. The van der Waals surface area contributed by atoms with Crippen LogP contribution in [-0.4, -0.2) is 50.5 Å². The van der Waals surface area contributed by atoms with Gasteiger partial charge in [-0.05, 0) is 6.42 Å². The summed E-state index contributed by atoms with van der Waals surface area (Å²) < 4.78 is 9.95. The van der Waals surface area contributed by atoms with E-state index in [-0.39, 0.29) is 17.9 Å². The molecule has 1 saturated carbocycles. The van der Waals surface area contributed by atoms with E-state index in [2.05, 4.69) is 5.32 Å². The molecule has 16 heavy (non-hydrogen) atoms. The van der Waals surface area contributed by atoms with Crippen molar-refractivity contribution in [3.63, 3.8) is 0 Å². The van der Waals surface area contributed by atoms with E-state index in [1.54, 1.807) is 7.11 Å². The van der Waals surface area contributed by atoms with Gasteiger partial charge in [0, 0.05) is 20.8 Å². The van der Waals surface area contributed by atoms with Gasteiger partial charge in [-0.3, -0.25) is 9.59 Å². The van der Waals surface area contributed by atoms with Crippen molar-refractivity contribution in [1.82, 2.24) is 5.32 Å². The average molecular weight is 231 g/mol. The summed E-state index contributed by atoms with van der Waals surface area (Å²) in [6.07, 6.45) is 0.235. The number of carbonyl (C=O) groups is 2. The summed E-state index contributed by atoms with van der Waals surface area (Å²) in [5, 5.41) is 11.3. The van der Waals surface area contributed by atoms with E-state index in [1.165, 1.54) is 7.11 Å². The van der Waals surface area contributed by atoms with Crippen LogP contribution in [0.2, 0.25) is 0 Å². The highest BCUT2D eigenvalue weighted by Gasteiger charge is 2.48. The molecule has 1 fully saturated rings. The molecule has 2 N–H and O–H groups in total. The average Bonchev–Trinajstić information content (AvgIpc) is 3.03. The largest absolute Gasteiger partial charge is 0.481 e. The van der Waals surface area contributed by atoms with E-state index in [9.17, 15) is 9.59 Å². The summed E-state index contributed by atoms with van der Waals surface area (Å²) in [6.45, 7) is 0.732. The highest BCUT2D eigenvalue weighted by atomic mass is 16.5. The molecule has 0 saturated heterocycles. The lowest BCUT2D eigenvalue weighted by atomic mass is 10.3. The van der Waals surface area contributed by atoms with Crippen molar-refractivity contribution < 1.29 is 24.2 Å². The molecule has 0 bridgehead atoms. The predicted octanol–water partition coefficient (Wildman–Crippen LogP) is -0.515. The third-order valence-corrected chi connectivity index (χ3v) is 2.63. The number of methoxy groups -OCH3 is 2. The van der Waals surface area contributed by atoms with Crippen LogP contribution >= 0.6 is 0 Å². The normalized spacial score (nSPS) is 24.9. The van der Waals surface area contributed by atoms with Crippen LogP contribution in [0.1, 0.15) is 6.42 Å². The van der Waals surface area contributed by atoms with Crippen LogP contribution in [0.4, 0.5) is 0 Å². The first-order chi connectivity index (χ1) is 7.60. The fourth-order valence-electron chi connectivity index (χ4n) is 1.50. The van der Waals surface area contributed by atoms with E-state index in [0.29, 0.717) is 19.6 Å². The van der Waals surface area contributed by atoms with E-state index >= 15 is 0 Å². The molecule has 1 aliphatic rings. The first-order valence-corrected chi connectivity index (χ1v) is 5.12. The third kappa shape index (κ3) is 3.46. The van der Waals surface area contributed by atoms with E-state index in [4.69, 9.17) is 14.6 Å². The Morgan fingerprint density at radius 1 is 1.44 bits per heavy atom. The second-order valence-electron chi connectivity index (χ2n) is 3.85. The number of ether oxygens (including phenoxy) is 2. The number of nitrogens with one attached hydrogen (secondary N) is 1. The summed E-state index contributed by atoms with van der Waals surface area (Å²) in [6, 6.07) is 0. The van der Waals surface area contributed by atoms with Crippen molar-refractivity contribution in [1.29, 1.82) is 0 Å². The number of carbonyl (C=O) groups excluding carboxylic acids is 1. The molecule has 0 spiro atoms. The lowest BCUT2D eigenvalue weighted by Crippen LogP contribution is -2.36. The minimum absolute atomic E-state index is 0.198. The predicted molar refractivity (Wildman–Crippen MR) is 54.9 cm³/mol. The number of hydrogen-bond acceptors (Lipinski definition) is 4. The monoisotopic (exact) mass is 231 g/mol. The number of carboxylic acids is 1. The molecule has 6 nitrogen and oxygen atoms in total.